The third-order valence-electron chi connectivity index (χ3n) is 7.16. The van der Waals surface area contributed by atoms with Gasteiger partial charge in [-0.2, -0.15) is 36.5 Å². The molecule has 0 saturated carbocycles. The zero-order valence-electron chi connectivity index (χ0n) is 22.5. The van der Waals surface area contributed by atoms with E-state index in [-0.39, 0.29) is 46.9 Å². The number of nitrogens with two attached hydrogens (primary N) is 1. The fourth-order valence-electron chi connectivity index (χ4n) is 5.29. The quantitative estimate of drug-likeness (QED) is 0.351. The van der Waals surface area contributed by atoms with Gasteiger partial charge in [0.1, 0.15) is 23.9 Å². The number of hydrogen-bond acceptors (Lipinski definition) is 6. The summed E-state index contributed by atoms with van der Waals surface area (Å²) >= 11 is 0. The molecule has 0 spiro atoms. The van der Waals surface area contributed by atoms with Gasteiger partial charge in [0.15, 0.2) is 5.82 Å². The predicted octanol–water partition coefficient (Wildman–Crippen LogP) is 4.40. The molecular weight excluding hydrogens is 570 g/mol. The van der Waals surface area contributed by atoms with E-state index in [2.05, 4.69) is 15.2 Å². The summed E-state index contributed by atoms with van der Waals surface area (Å²) in [7, 11) is 0. The van der Waals surface area contributed by atoms with E-state index in [0.29, 0.717) is 0 Å². The number of benzene rings is 1. The fourth-order valence-corrected chi connectivity index (χ4v) is 5.29. The van der Waals surface area contributed by atoms with Crippen LogP contribution in [0.15, 0.2) is 42.9 Å². The molecule has 5 rings (SSSR count). The van der Waals surface area contributed by atoms with Crippen LogP contribution in [0.2, 0.25) is 0 Å². The lowest BCUT2D eigenvalue weighted by Gasteiger charge is -2.46. The van der Waals surface area contributed by atoms with E-state index in [1.807, 2.05) is 0 Å². The van der Waals surface area contributed by atoms with E-state index >= 15 is 0 Å². The largest absolute Gasteiger partial charge is 0.418 e. The third-order valence-corrected chi connectivity index (χ3v) is 7.16. The molecule has 4 heterocycles. The first-order chi connectivity index (χ1) is 19.5. The third kappa shape index (κ3) is 4.90. The number of alkyl halides is 6. The van der Waals surface area contributed by atoms with Crippen LogP contribution in [0.1, 0.15) is 26.3 Å². The van der Waals surface area contributed by atoms with Crippen LogP contribution in [-0.2, 0) is 22.3 Å². The molecule has 0 radical (unpaired) electrons. The number of rotatable bonds is 4. The minimum atomic E-state index is -4.83. The SMILES string of the molecule is CC(=O)N1CCN(c2cc(-c3cc(-c4ccnn4CC(F)(F)F)c4c(N)ncnn34)ccc2C(F)(F)F)C(=O)C1(C)C. The summed E-state index contributed by atoms with van der Waals surface area (Å²) in [5, 5.41) is 7.92. The van der Waals surface area contributed by atoms with Crippen LogP contribution in [0.25, 0.3) is 28.0 Å². The molecule has 2 amide bonds. The molecular formula is C26H24F6N8O2. The van der Waals surface area contributed by atoms with Crippen LogP contribution >= 0.6 is 0 Å². The first kappa shape index (κ1) is 28.9. The molecule has 0 atom stereocenters. The van der Waals surface area contributed by atoms with Gasteiger partial charge >= 0.3 is 12.4 Å². The highest BCUT2D eigenvalue weighted by Gasteiger charge is 2.46. The van der Waals surface area contributed by atoms with Gasteiger partial charge in [0, 0.05) is 37.3 Å². The second-order valence-electron chi connectivity index (χ2n) is 10.3. The van der Waals surface area contributed by atoms with Crippen molar-refractivity contribution in [1.29, 1.82) is 0 Å². The smallest absolute Gasteiger partial charge is 0.382 e. The first-order valence-corrected chi connectivity index (χ1v) is 12.5. The molecule has 0 bridgehead atoms. The molecule has 1 aliphatic rings. The molecule has 2 N–H and O–H groups in total. The van der Waals surface area contributed by atoms with Crippen molar-refractivity contribution in [3.05, 3.63) is 48.4 Å². The van der Waals surface area contributed by atoms with Crippen LogP contribution in [0, 0.1) is 0 Å². The lowest BCUT2D eigenvalue weighted by Crippen LogP contribution is -2.64. The van der Waals surface area contributed by atoms with Crippen LogP contribution < -0.4 is 10.6 Å². The Morgan fingerprint density at radius 2 is 1.74 bits per heavy atom. The van der Waals surface area contributed by atoms with Gasteiger partial charge in [0.05, 0.1) is 22.6 Å². The van der Waals surface area contributed by atoms with Crippen LogP contribution in [-0.4, -0.2) is 65.9 Å². The minimum Gasteiger partial charge on any atom is -0.382 e. The Hall–Kier alpha value is -4.63. The highest BCUT2D eigenvalue weighted by Crippen LogP contribution is 2.42. The van der Waals surface area contributed by atoms with E-state index in [0.717, 1.165) is 28.0 Å². The van der Waals surface area contributed by atoms with Gasteiger partial charge in [-0.1, -0.05) is 6.07 Å². The predicted molar refractivity (Wildman–Crippen MR) is 139 cm³/mol. The number of anilines is 2. The number of amides is 2. The monoisotopic (exact) mass is 594 g/mol. The average molecular weight is 595 g/mol. The second-order valence-corrected chi connectivity index (χ2v) is 10.3. The van der Waals surface area contributed by atoms with Crippen molar-refractivity contribution in [3.8, 4) is 22.5 Å². The number of carbonyl (C=O) groups excluding carboxylic acids is 2. The van der Waals surface area contributed by atoms with E-state index in [9.17, 15) is 35.9 Å². The number of nitrogen functional groups attached to an aromatic ring is 1. The van der Waals surface area contributed by atoms with Crippen molar-refractivity contribution in [2.24, 2.45) is 0 Å². The lowest BCUT2D eigenvalue weighted by molar-refractivity contribution is -0.146. The number of hydrogen-bond donors (Lipinski definition) is 1. The molecule has 10 nitrogen and oxygen atoms in total. The average Bonchev–Trinajstić information content (AvgIpc) is 3.48. The summed E-state index contributed by atoms with van der Waals surface area (Å²) in [6.07, 6.45) is -7.15. The van der Waals surface area contributed by atoms with Gasteiger partial charge in [-0.3, -0.25) is 14.3 Å². The number of fused-ring (bicyclic) bond motifs is 1. The van der Waals surface area contributed by atoms with Gasteiger partial charge in [0.25, 0.3) is 5.91 Å². The lowest BCUT2D eigenvalue weighted by atomic mass is 9.95. The van der Waals surface area contributed by atoms with Crippen molar-refractivity contribution in [1.82, 2.24) is 29.3 Å². The molecule has 4 aromatic rings. The summed E-state index contributed by atoms with van der Waals surface area (Å²) in [5.41, 5.74) is 3.80. The zero-order valence-corrected chi connectivity index (χ0v) is 22.5. The van der Waals surface area contributed by atoms with E-state index in [1.165, 1.54) is 54.6 Å². The topological polar surface area (TPSA) is 115 Å². The molecule has 1 aliphatic heterocycles. The van der Waals surface area contributed by atoms with E-state index in [1.54, 1.807) is 0 Å². The van der Waals surface area contributed by atoms with E-state index < -0.39 is 47.5 Å². The number of halogens is 6. The van der Waals surface area contributed by atoms with Crippen molar-refractivity contribution in [2.45, 2.75) is 45.2 Å². The maximum Gasteiger partial charge on any atom is 0.418 e. The Morgan fingerprint density at radius 3 is 2.38 bits per heavy atom. The van der Waals surface area contributed by atoms with Crippen molar-refractivity contribution < 1.29 is 35.9 Å². The normalized spacial score (nSPS) is 16.0. The Kier molecular flexibility index (Phi) is 6.69. The number of aromatic nitrogens is 5. The van der Waals surface area contributed by atoms with E-state index in [4.69, 9.17) is 5.73 Å². The zero-order chi connectivity index (χ0) is 30.8. The summed E-state index contributed by atoms with van der Waals surface area (Å²) in [5.74, 6) is -1.20. The number of piperazine rings is 1. The molecule has 3 aromatic heterocycles. The van der Waals surface area contributed by atoms with Gasteiger partial charge in [-0.05, 0) is 38.1 Å². The van der Waals surface area contributed by atoms with Crippen LogP contribution in [0.3, 0.4) is 0 Å². The van der Waals surface area contributed by atoms with Crippen LogP contribution in [0.4, 0.5) is 37.8 Å². The number of carbonyl (C=O) groups is 2. The molecule has 16 heteroatoms. The summed E-state index contributed by atoms with van der Waals surface area (Å²) in [6, 6.07) is 5.92. The Labute approximate surface area is 234 Å². The first-order valence-electron chi connectivity index (χ1n) is 12.5. The molecule has 1 saturated heterocycles. The van der Waals surface area contributed by atoms with Crippen LogP contribution in [0.5, 0.6) is 0 Å². The number of nitrogens with zero attached hydrogens (tertiary/aromatic N) is 7. The minimum absolute atomic E-state index is 0.000751. The molecule has 222 valence electrons. The summed E-state index contributed by atoms with van der Waals surface area (Å²) < 4.78 is 84.2. The maximum atomic E-state index is 14.2. The van der Waals surface area contributed by atoms with Gasteiger partial charge in [0.2, 0.25) is 5.91 Å². The highest BCUT2D eigenvalue weighted by molar-refractivity contribution is 6.04. The van der Waals surface area contributed by atoms with Crippen molar-refractivity contribution >= 4 is 28.8 Å². The standard InChI is InChI=1S/C26H24F6N8O2/c1-14(41)38-9-8-37(23(42)24(38,2)3)20-10-15(4-5-17(20)26(30,31)32)19-11-16(21-22(33)34-13-36-40(19)21)18-6-7-35-39(18)12-25(27,28)29/h4-7,10-11,13H,8-9,12H2,1-3H3,(H2,33,34,36). The summed E-state index contributed by atoms with van der Waals surface area (Å²) in [6.45, 7) is 2.59. The van der Waals surface area contributed by atoms with Gasteiger partial charge in [-0.15, -0.1) is 0 Å². The molecule has 1 aromatic carbocycles. The highest BCUT2D eigenvalue weighted by atomic mass is 19.4. The van der Waals surface area contributed by atoms with Crippen molar-refractivity contribution in [2.75, 3.05) is 23.7 Å². The molecule has 0 aliphatic carbocycles. The molecule has 0 unspecified atom stereocenters. The Bertz CT molecular complexity index is 1710. The Morgan fingerprint density at radius 1 is 1.02 bits per heavy atom. The Balaban J connectivity index is 1.70. The molecule has 1 fully saturated rings. The fraction of sp³-hybridized carbons (Fsp3) is 0.346. The summed E-state index contributed by atoms with van der Waals surface area (Å²) in [4.78, 5) is 31.8. The van der Waals surface area contributed by atoms with Gasteiger partial charge < -0.3 is 15.5 Å². The van der Waals surface area contributed by atoms with Gasteiger partial charge in [-0.25, -0.2) is 9.50 Å². The maximum absolute atomic E-state index is 14.2. The molecule has 42 heavy (non-hydrogen) atoms. The second kappa shape index (κ2) is 9.73. The van der Waals surface area contributed by atoms with Crippen molar-refractivity contribution in [3.63, 3.8) is 0 Å².